The number of ether oxygens (including phenoxy) is 3. The van der Waals surface area contributed by atoms with Gasteiger partial charge in [-0.2, -0.15) is 0 Å². The molecule has 1 saturated heterocycles. The van der Waals surface area contributed by atoms with Crippen LogP contribution in [0.15, 0.2) is 77.7 Å². The highest BCUT2D eigenvalue weighted by atomic mass is 32.2. The van der Waals surface area contributed by atoms with Gasteiger partial charge in [0, 0.05) is 11.8 Å². The smallest absolute Gasteiger partial charge is 0.270 e. The highest BCUT2D eigenvalue weighted by molar-refractivity contribution is 8.27. The molecule has 0 spiro atoms. The highest BCUT2D eigenvalue weighted by Crippen LogP contribution is 2.36. The molecule has 1 aliphatic rings. The standard InChI is InChI=1S/C26H22N2O5S2/c1-31-20-11-9-19(10-12-20)28-25(30)23(35-26(28)34)14-17-5-3-8-22(13-17)33-16-24(29)27-18-6-4-7-21(15-18)32-2/h3-15H,16H2,1-2H3,(H,27,29)/b23-14-. The molecule has 1 fully saturated rings. The predicted octanol–water partition coefficient (Wildman–Crippen LogP) is 5.13. The van der Waals surface area contributed by atoms with E-state index in [-0.39, 0.29) is 18.4 Å². The molecule has 0 saturated carbocycles. The van der Waals surface area contributed by atoms with Crippen LogP contribution in [0.3, 0.4) is 0 Å². The summed E-state index contributed by atoms with van der Waals surface area (Å²) in [6, 6.07) is 21.4. The fourth-order valence-corrected chi connectivity index (χ4v) is 4.61. The minimum atomic E-state index is -0.302. The molecule has 4 rings (SSSR count). The maximum absolute atomic E-state index is 13.0. The largest absolute Gasteiger partial charge is 0.497 e. The van der Waals surface area contributed by atoms with Crippen molar-refractivity contribution in [2.24, 2.45) is 0 Å². The number of methoxy groups -OCH3 is 2. The third-order valence-corrected chi connectivity index (χ3v) is 6.31. The Kier molecular flexibility index (Phi) is 7.69. The molecule has 1 N–H and O–H groups in total. The minimum absolute atomic E-state index is 0.166. The molecule has 35 heavy (non-hydrogen) atoms. The first-order valence-corrected chi connectivity index (χ1v) is 11.8. The number of carbonyl (C=O) groups excluding carboxylic acids is 2. The van der Waals surface area contributed by atoms with Gasteiger partial charge >= 0.3 is 0 Å². The second-order valence-corrected chi connectivity index (χ2v) is 9.03. The normalized spacial score (nSPS) is 14.2. The van der Waals surface area contributed by atoms with Crippen molar-refractivity contribution in [2.45, 2.75) is 0 Å². The minimum Gasteiger partial charge on any atom is -0.497 e. The van der Waals surface area contributed by atoms with Gasteiger partial charge in [0.2, 0.25) is 0 Å². The summed E-state index contributed by atoms with van der Waals surface area (Å²) in [6.45, 7) is -0.166. The van der Waals surface area contributed by atoms with Crippen LogP contribution >= 0.6 is 24.0 Å². The quantitative estimate of drug-likeness (QED) is 0.335. The van der Waals surface area contributed by atoms with E-state index >= 15 is 0 Å². The van der Waals surface area contributed by atoms with Crippen molar-refractivity contribution in [3.63, 3.8) is 0 Å². The van der Waals surface area contributed by atoms with Crippen molar-refractivity contribution in [2.75, 3.05) is 31.0 Å². The lowest BCUT2D eigenvalue weighted by Crippen LogP contribution is -2.27. The molecule has 0 bridgehead atoms. The van der Waals surface area contributed by atoms with Crippen LogP contribution < -0.4 is 24.4 Å². The lowest BCUT2D eigenvalue weighted by Gasteiger charge is -2.14. The van der Waals surface area contributed by atoms with Gasteiger partial charge < -0.3 is 19.5 Å². The van der Waals surface area contributed by atoms with Gasteiger partial charge in [0.15, 0.2) is 10.9 Å². The number of rotatable bonds is 8. The van der Waals surface area contributed by atoms with Gasteiger partial charge in [-0.1, -0.05) is 42.2 Å². The summed E-state index contributed by atoms with van der Waals surface area (Å²) in [4.78, 5) is 27.3. The Hall–Kier alpha value is -3.82. The molecule has 0 radical (unpaired) electrons. The summed E-state index contributed by atoms with van der Waals surface area (Å²) in [5, 5.41) is 2.77. The summed E-state index contributed by atoms with van der Waals surface area (Å²) in [5.74, 6) is 1.35. The average molecular weight is 507 g/mol. The van der Waals surface area contributed by atoms with E-state index in [0.29, 0.717) is 37.8 Å². The first-order valence-electron chi connectivity index (χ1n) is 10.6. The van der Waals surface area contributed by atoms with Crippen LogP contribution in [0.25, 0.3) is 6.08 Å². The monoisotopic (exact) mass is 506 g/mol. The number of hydrogen-bond acceptors (Lipinski definition) is 7. The number of thioether (sulfide) groups is 1. The van der Waals surface area contributed by atoms with Gasteiger partial charge in [-0.15, -0.1) is 0 Å². The van der Waals surface area contributed by atoms with E-state index in [1.165, 1.54) is 16.7 Å². The maximum Gasteiger partial charge on any atom is 0.270 e. The number of nitrogens with one attached hydrogen (secondary N) is 1. The number of carbonyl (C=O) groups is 2. The molecular formula is C26H22N2O5S2. The summed E-state index contributed by atoms with van der Waals surface area (Å²) in [6.07, 6.45) is 1.76. The van der Waals surface area contributed by atoms with E-state index in [1.807, 2.05) is 6.07 Å². The Labute approximate surface area is 212 Å². The molecule has 3 aromatic carbocycles. The number of hydrogen-bond donors (Lipinski definition) is 1. The number of nitrogens with zero attached hydrogens (tertiary/aromatic N) is 1. The summed E-state index contributed by atoms with van der Waals surface area (Å²) >= 11 is 6.67. The Balaban J connectivity index is 1.41. The van der Waals surface area contributed by atoms with E-state index in [0.717, 1.165) is 5.56 Å². The first-order chi connectivity index (χ1) is 17.0. The van der Waals surface area contributed by atoms with Crippen LogP contribution in [0.1, 0.15) is 5.56 Å². The van der Waals surface area contributed by atoms with E-state index in [4.69, 9.17) is 26.4 Å². The molecule has 9 heteroatoms. The first kappa shape index (κ1) is 24.3. The molecule has 178 valence electrons. The van der Waals surface area contributed by atoms with Crippen molar-refractivity contribution < 1.29 is 23.8 Å². The van der Waals surface area contributed by atoms with E-state index in [9.17, 15) is 9.59 Å². The Morgan fingerprint density at radius 2 is 1.69 bits per heavy atom. The van der Waals surface area contributed by atoms with Crippen LogP contribution in [-0.4, -0.2) is 37.0 Å². The van der Waals surface area contributed by atoms with Crippen molar-refractivity contribution in [1.29, 1.82) is 0 Å². The molecule has 1 aliphatic heterocycles. The van der Waals surface area contributed by atoms with Gasteiger partial charge in [0.05, 0.1) is 24.8 Å². The number of amides is 2. The Morgan fingerprint density at radius 3 is 2.43 bits per heavy atom. The SMILES string of the molecule is COc1ccc(N2C(=O)/C(=C/c3cccc(OCC(=O)Nc4cccc(OC)c4)c3)SC2=S)cc1. The van der Waals surface area contributed by atoms with Crippen LogP contribution in [0.2, 0.25) is 0 Å². The second-order valence-electron chi connectivity index (χ2n) is 7.36. The van der Waals surface area contributed by atoms with E-state index in [2.05, 4.69) is 5.32 Å². The fraction of sp³-hybridized carbons (Fsp3) is 0.115. The lowest BCUT2D eigenvalue weighted by molar-refractivity contribution is -0.118. The second kappa shape index (κ2) is 11.1. The summed E-state index contributed by atoms with van der Waals surface area (Å²) < 4.78 is 16.4. The molecule has 0 atom stereocenters. The van der Waals surface area contributed by atoms with Crippen LogP contribution in [-0.2, 0) is 9.59 Å². The van der Waals surface area contributed by atoms with Crippen LogP contribution in [0.5, 0.6) is 17.2 Å². The van der Waals surface area contributed by atoms with E-state index in [1.54, 1.807) is 87.0 Å². The topological polar surface area (TPSA) is 77.1 Å². The van der Waals surface area contributed by atoms with Crippen molar-refractivity contribution in [3.05, 3.63) is 83.3 Å². The molecule has 3 aromatic rings. The zero-order chi connectivity index (χ0) is 24.8. The maximum atomic E-state index is 13.0. The predicted molar refractivity (Wildman–Crippen MR) is 142 cm³/mol. The number of thiocarbonyl (C=S) groups is 1. The molecular weight excluding hydrogens is 484 g/mol. The molecule has 0 aliphatic carbocycles. The molecule has 1 heterocycles. The van der Waals surface area contributed by atoms with Gasteiger partial charge in [-0.05, 0) is 60.2 Å². The van der Waals surface area contributed by atoms with Crippen molar-refractivity contribution in [3.8, 4) is 17.2 Å². The fourth-order valence-electron chi connectivity index (χ4n) is 3.31. The van der Waals surface area contributed by atoms with Crippen molar-refractivity contribution in [1.82, 2.24) is 0 Å². The lowest BCUT2D eigenvalue weighted by atomic mass is 10.2. The summed E-state index contributed by atoms with van der Waals surface area (Å²) in [7, 11) is 3.15. The van der Waals surface area contributed by atoms with Gasteiger partial charge in [0.1, 0.15) is 17.2 Å². The number of benzene rings is 3. The van der Waals surface area contributed by atoms with E-state index < -0.39 is 0 Å². The average Bonchev–Trinajstić information content (AvgIpc) is 3.15. The zero-order valence-corrected chi connectivity index (χ0v) is 20.7. The highest BCUT2D eigenvalue weighted by Gasteiger charge is 2.33. The third kappa shape index (κ3) is 6.00. The summed E-state index contributed by atoms with van der Waals surface area (Å²) in [5.41, 5.74) is 2.05. The third-order valence-electron chi connectivity index (χ3n) is 5.00. The molecule has 0 aromatic heterocycles. The Bertz CT molecular complexity index is 1290. The van der Waals surface area contributed by atoms with Gasteiger partial charge in [-0.25, -0.2) is 0 Å². The van der Waals surface area contributed by atoms with Crippen LogP contribution in [0, 0.1) is 0 Å². The molecule has 0 unspecified atom stereocenters. The Morgan fingerprint density at radius 1 is 0.971 bits per heavy atom. The number of anilines is 2. The van der Waals surface area contributed by atoms with Crippen molar-refractivity contribution >= 4 is 57.6 Å². The zero-order valence-electron chi connectivity index (χ0n) is 19.0. The molecule has 2 amide bonds. The van der Waals surface area contributed by atoms with Gasteiger partial charge in [-0.3, -0.25) is 14.5 Å². The van der Waals surface area contributed by atoms with Crippen LogP contribution in [0.4, 0.5) is 11.4 Å². The molecule has 7 nitrogen and oxygen atoms in total. The van der Waals surface area contributed by atoms with Gasteiger partial charge in [0.25, 0.3) is 11.8 Å².